The predicted octanol–water partition coefficient (Wildman–Crippen LogP) is 3.66. The number of fused-ring (bicyclic) bond motifs is 1. The average Bonchev–Trinajstić information content (AvgIpc) is 2.71. The molecular weight excluding hydrogens is 374 g/mol. The molecule has 0 saturated carbocycles. The minimum atomic E-state index is -0.468. The molecule has 7 heteroatoms. The maximum atomic E-state index is 13.1. The topological polar surface area (TPSA) is 74.1 Å². The van der Waals surface area contributed by atoms with Crippen LogP contribution in [0.4, 0.5) is 0 Å². The fraction of sp³-hybridized carbons (Fsp3) is 0.333. The first-order chi connectivity index (χ1) is 13.6. The molecule has 2 heterocycles. The van der Waals surface area contributed by atoms with Crippen LogP contribution in [0, 0.1) is 0 Å². The van der Waals surface area contributed by atoms with E-state index in [1.54, 1.807) is 36.0 Å². The zero-order valence-corrected chi connectivity index (χ0v) is 16.8. The van der Waals surface area contributed by atoms with E-state index in [4.69, 9.17) is 4.74 Å². The second kappa shape index (κ2) is 9.50. The maximum absolute atomic E-state index is 13.1. The molecule has 0 amide bonds. The van der Waals surface area contributed by atoms with Crippen LogP contribution in [0.15, 0.2) is 58.7 Å². The van der Waals surface area contributed by atoms with E-state index in [0.717, 1.165) is 18.4 Å². The molecule has 0 aliphatic carbocycles. The second-order valence-corrected chi connectivity index (χ2v) is 7.75. The first kappa shape index (κ1) is 20.1. The fourth-order valence-corrected chi connectivity index (χ4v) is 3.60. The first-order valence-corrected chi connectivity index (χ1v) is 10.2. The smallest absolute Gasteiger partial charge is 0.319 e. The molecule has 0 saturated heterocycles. The average molecular weight is 398 g/mol. The Hall–Kier alpha value is -2.67. The van der Waals surface area contributed by atoms with Gasteiger partial charge in [-0.05, 0) is 37.1 Å². The zero-order chi connectivity index (χ0) is 19.9. The summed E-state index contributed by atoms with van der Waals surface area (Å²) in [5.74, 6) is -0.297. The van der Waals surface area contributed by atoms with E-state index < -0.39 is 5.25 Å². The molecule has 0 aliphatic rings. The molecule has 2 aromatic heterocycles. The van der Waals surface area contributed by atoms with Crippen molar-refractivity contribution in [1.82, 2.24) is 14.5 Å². The number of esters is 1. The van der Waals surface area contributed by atoms with Gasteiger partial charge in [0.2, 0.25) is 0 Å². The number of unbranched alkanes of at least 4 members (excludes halogenated alkanes) is 1. The van der Waals surface area contributed by atoms with E-state index in [1.807, 2.05) is 31.2 Å². The number of carbonyl (C=O) groups is 1. The van der Waals surface area contributed by atoms with Gasteiger partial charge in [-0.1, -0.05) is 43.3 Å². The summed E-state index contributed by atoms with van der Waals surface area (Å²) < 4.78 is 6.90. The molecule has 146 valence electrons. The Balaban J connectivity index is 1.94. The van der Waals surface area contributed by atoms with Gasteiger partial charge in [-0.25, -0.2) is 4.98 Å². The van der Waals surface area contributed by atoms with Crippen molar-refractivity contribution in [1.29, 1.82) is 0 Å². The Kier molecular flexibility index (Phi) is 6.81. The van der Waals surface area contributed by atoms with Gasteiger partial charge in [0.25, 0.3) is 5.56 Å². The molecular formula is C21H23N3O3S. The molecule has 6 nitrogen and oxygen atoms in total. The number of ether oxygens (including phenoxy) is 1. The van der Waals surface area contributed by atoms with Crippen LogP contribution >= 0.6 is 11.8 Å². The van der Waals surface area contributed by atoms with Crippen molar-refractivity contribution in [3.8, 4) is 0 Å². The molecule has 0 fully saturated rings. The van der Waals surface area contributed by atoms with Crippen LogP contribution in [0.5, 0.6) is 0 Å². The number of pyridine rings is 1. The van der Waals surface area contributed by atoms with Gasteiger partial charge in [0, 0.05) is 12.4 Å². The highest BCUT2D eigenvalue weighted by Gasteiger charge is 2.20. The number of hydrogen-bond acceptors (Lipinski definition) is 6. The lowest BCUT2D eigenvalue weighted by atomic mass is 10.2. The van der Waals surface area contributed by atoms with Gasteiger partial charge in [-0.3, -0.25) is 19.1 Å². The van der Waals surface area contributed by atoms with Crippen LogP contribution in [0.2, 0.25) is 0 Å². The molecule has 1 atom stereocenters. The third-order valence-corrected chi connectivity index (χ3v) is 5.31. The highest BCUT2D eigenvalue weighted by atomic mass is 32.2. The normalized spacial score (nSPS) is 12.1. The van der Waals surface area contributed by atoms with Crippen molar-refractivity contribution in [3.63, 3.8) is 0 Å². The summed E-state index contributed by atoms with van der Waals surface area (Å²) in [5, 5.41) is 0.575. The van der Waals surface area contributed by atoms with E-state index in [2.05, 4.69) is 9.97 Å². The lowest BCUT2D eigenvalue weighted by Crippen LogP contribution is -2.26. The Labute approximate surface area is 168 Å². The summed E-state index contributed by atoms with van der Waals surface area (Å²) in [6.07, 6.45) is 5.21. The summed E-state index contributed by atoms with van der Waals surface area (Å²) in [4.78, 5) is 34.1. The van der Waals surface area contributed by atoms with Gasteiger partial charge in [0.05, 0.1) is 24.1 Å². The minimum absolute atomic E-state index is 0.136. The molecule has 3 rings (SSSR count). The van der Waals surface area contributed by atoms with E-state index in [1.165, 1.54) is 11.8 Å². The standard InChI is InChI=1S/C21H23N3O3S/c1-3-4-12-27-20(26)15(2)28-21-23-18-10-6-5-9-17(18)19(25)24(21)14-16-8-7-11-22-13-16/h5-11,13,15H,3-4,12,14H2,1-2H3. The van der Waals surface area contributed by atoms with Gasteiger partial charge in [-0.15, -0.1) is 0 Å². The summed E-state index contributed by atoms with van der Waals surface area (Å²) in [7, 11) is 0. The molecule has 1 unspecified atom stereocenters. The van der Waals surface area contributed by atoms with E-state index in [-0.39, 0.29) is 11.5 Å². The van der Waals surface area contributed by atoms with E-state index in [0.29, 0.717) is 29.2 Å². The Morgan fingerprint density at radius 2 is 2.07 bits per heavy atom. The highest BCUT2D eigenvalue weighted by molar-refractivity contribution is 8.00. The summed E-state index contributed by atoms with van der Waals surface area (Å²) in [5.41, 5.74) is 1.37. The van der Waals surface area contributed by atoms with Crippen LogP contribution in [0.3, 0.4) is 0 Å². The molecule has 0 spiro atoms. The van der Waals surface area contributed by atoms with Crippen LogP contribution in [-0.2, 0) is 16.1 Å². The number of rotatable bonds is 8. The van der Waals surface area contributed by atoms with E-state index >= 15 is 0 Å². The van der Waals surface area contributed by atoms with Gasteiger partial charge in [0.1, 0.15) is 5.25 Å². The Bertz CT molecular complexity index is 1000. The van der Waals surface area contributed by atoms with Crippen molar-refractivity contribution < 1.29 is 9.53 Å². The minimum Gasteiger partial charge on any atom is -0.465 e. The maximum Gasteiger partial charge on any atom is 0.319 e. The van der Waals surface area contributed by atoms with E-state index in [9.17, 15) is 9.59 Å². The summed E-state index contributed by atoms with van der Waals surface area (Å²) in [6, 6.07) is 11.0. The number of aromatic nitrogens is 3. The third kappa shape index (κ3) is 4.78. The highest BCUT2D eigenvalue weighted by Crippen LogP contribution is 2.24. The van der Waals surface area contributed by atoms with Crippen molar-refractivity contribution in [2.75, 3.05) is 6.61 Å². The van der Waals surface area contributed by atoms with Crippen molar-refractivity contribution in [3.05, 3.63) is 64.7 Å². The molecule has 0 aliphatic heterocycles. The SMILES string of the molecule is CCCCOC(=O)C(C)Sc1nc2ccccc2c(=O)n1Cc1cccnc1. The quantitative estimate of drug-likeness (QED) is 0.250. The first-order valence-electron chi connectivity index (χ1n) is 9.32. The van der Waals surface area contributed by atoms with Crippen LogP contribution in [-0.4, -0.2) is 32.4 Å². The second-order valence-electron chi connectivity index (χ2n) is 6.45. The number of nitrogens with zero attached hydrogens (tertiary/aromatic N) is 3. The lowest BCUT2D eigenvalue weighted by molar-refractivity contribution is -0.142. The molecule has 28 heavy (non-hydrogen) atoms. The largest absolute Gasteiger partial charge is 0.465 e. The van der Waals surface area contributed by atoms with Crippen LogP contribution in [0.25, 0.3) is 10.9 Å². The van der Waals surface area contributed by atoms with Crippen molar-refractivity contribution >= 4 is 28.6 Å². The molecule has 0 radical (unpaired) electrons. The summed E-state index contributed by atoms with van der Waals surface area (Å²) in [6.45, 7) is 4.56. The van der Waals surface area contributed by atoms with Gasteiger partial charge in [0.15, 0.2) is 5.16 Å². The number of benzene rings is 1. The predicted molar refractivity (Wildman–Crippen MR) is 111 cm³/mol. The van der Waals surface area contributed by atoms with Crippen LogP contribution in [0.1, 0.15) is 32.3 Å². The fourth-order valence-electron chi connectivity index (χ4n) is 2.69. The third-order valence-electron chi connectivity index (χ3n) is 4.25. The summed E-state index contributed by atoms with van der Waals surface area (Å²) >= 11 is 1.24. The van der Waals surface area contributed by atoms with Gasteiger partial charge >= 0.3 is 5.97 Å². The molecule has 0 bridgehead atoms. The number of para-hydroxylation sites is 1. The Morgan fingerprint density at radius 1 is 1.25 bits per heavy atom. The van der Waals surface area contributed by atoms with Gasteiger partial charge < -0.3 is 4.74 Å². The number of carbonyl (C=O) groups excluding carboxylic acids is 1. The van der Waals surface area contributed by atoms with Gasteiger partial charge in [-0.2, -0.15) is 0 Å². The molecule has 0 N–H and O–H groups in total. The number of thioether (sulfide) groups is 1. The van der Waals surface area contributed by atoms with Crippen molar-refractivity contribution in [2.24, 2.45) is 0 Å². The monoisotopic (exact) mass is 397 g/mol. The van der Waals surface area contributed by atoms with Crippen molar-refractivity contribution in [2.45, 2.75) is 43.6 Å². The Morgan fingerprint density at radius 3 is 2.82 bits per heavy atom. The zero-order valence-electron chi connectivity index (χ0n) is 16.0. The molecule has 1 aromatic carbocycles. The molecule has 3 aromatic rings. The van der Waals surface area contributed by atoms with Crippen LogP contribution < -0.4 is 5.56 Å². The number of hydrogen-bond donors (Lipinski definition) is 0. The lowest BCUT2D eigenvalue weighted by Gasteiger charge is -2.16.